The van der Waals surface area contributed by atoms with Crippen molar-refractivity contribution in [3.63, 3.8) is 0 Å². The number of benzene rings is 8. The van der Waals surface area contributed by atoms with Gasteiger partial charge in [-0.15, -0.1) is 0 Å². The zero-order valence-corrected chi connectivity index (χ0v) is 27.5. The minimum Gasteiger partial charge on any atom is -0.455 e. The van der Waals surface area contributed by atoms with Gasteiger partial charge in [0.1, 0.15) is 11.2 Å². The second-order valence-corrected chi connectivity index (χ2v) is 13.2. The molecule has 8 aromatic carbocycles. The predicted molar refractivity (Wildman–Crippen MR) is 212 cm³/mol. The third kappa shape index (κ3) is 4.72. The number of hydrogen-bond acceptors (Lipinski definition) is 2. The van der Waals surface area contributed by atoms with Gasteiger partial charge in [0.05, 0.1) is 0 Å². The lowest BCUT2D eigenvalue weighted by Gasteiger charge is -2.32. The van der Waals surface area contributed by atoms with Crippen molar-refractivity contribution in [3.8, 4) is 11.1 Å². The average molecular weight is 640 g/mol. The topological polar surface area (TPSA) is 16.4 Å². The summed E-state index contributed by atoms with van der Waals surface area (Å²) in [7, 11) is 0. The van der Waals surface area contributed by atoms with Gasteiger partial charge < -0.3 is 9.32 Å². The fraction of sp³-hybridized carbons (Fsp3) is 0.0417. The van der Waals surface area contributed by atoms with E-state index in [1.165, 1.54) is 54.7 Å². The number of allylic oxidation sites excluding steroid dienone is 4. The van der Waals surface area contributed by atoms with Crippen LogP contribution in [0.5, 0.6) is 0 Å². The maximum Gasteiger partial charge on any atom is 0.143 e. The second kappa shape index (κ2) is 11.6. The van der Waals surface area contributed by atoms with Crippen molar-refractivity contribution in [1.82, 2.24) is 0 Å². The van der Waals surface area contributed by atoms with E-state index >= 15 is 0 Å². The molecule has 2 heteroatoms. The second-order valence-electron chi connectivity index (χ2n) is 13.2. The molecule has 1 aromatic heterocycles. The first-order valence-corrected chi connectivity index (χ1v) is 17.4. The van der Waals surface area contributed by atoms with Crippen LogP contribution in [0.25, 0.3) is 71.0 Å². The van der Waals surface area contributed by atoms with Crippen LogP contribution in [0.15, 0.2) is 186 Å². The zero-order valence-electron chi connectivity index (χ0n) is 27.5. The van der Waals surface area contributed by atoms with Crippen LogP contribution in [0.1, 0.15) is 18.4 Å². The van der Waals surface area contributed by atoms with Gasteiger partial charge in [0, 0.05) is 39.0 Å². The predicted octanol–water partition coefficient (Wildman–Crippen LogP) is 13.6. The molecule has 1 aliphatic carbocycles. The Hall–Kier alpha value is -6.38. The molecule has 0 spiro atoms. The lowest BCUT2D eigenvalue weighted by molar-refractivity contribution is 0.668. The third-order valence-corrected chi connectivity index (χ3v) is 10.3. The molecule has 1 heterocycles. The maximum atomic E-state index is 6.77. The van der Waals surface area contributed by atoms with Crippen LogP contribution in [0, 0.1) is 0 Å². The van der Waals surface area contributed by atoms with Gasteiger partial charge in [0.25, 0.3) is 0 Å². The van der Waals surface area contributed by atoms with Crippen LogP contribution in [-0.4, -0.2) is 0 Å². The largest absolute Gasteiger partial charge is 0.455 e. The molecule has 10 rings (SSSR count). The number of furan rings is 1. The summed E-state index contributed by atoms with van der Waals surface area (Å²) in [6, 6.07) is 59.3. The normalized spacial score (nSPS) is 13.3. The summed E-state index contributed by atoms with van der Waals surface area (Å²) in [4.78, 5) is 2.48. The summed E-state index contributed by atoms with van der Waals surface area (Å²) < 4.78 is 6.77. The van der Waals surface area contributed by atoms with Crippen LogP contribution in [0.4, 0.5) is 11.4 Å². The number of fused-ring (bicyclic) bond motifs is 7. The Morgan fingerprint density at radius 3 is 2.06 bits per heavy atom. The van der Waals surface area contributed by atoms with Crippen LogP contribution in [0.3, 0.4) is 0 Å². The number of hydrogen-bond donors (Lipinski definition) is 0. The Kier molecular flexibility index (Phi) is 6.67. The summed E-state index contributed by atoms with van der Waals surface area (Å²) in [6.07, 6.45) is 6.48. The highest BCUT2D eigenvalue weighted by Crippen LogP contribution is 2.44. The zero-order chi connectivity index (χ0) is 33.0. The lowest BCUT2D eigenvalue weighted by Crippen LogP contribution is -2.19. The molecule has 50 heavy (non-hydrogen) atoms. The number of rotatable bonds is 5. The van der Waals surface area contributed by atoms with Crippen LogP contribution in [-0.2, 0) is 0 Å². The van der Waals surface area contributed by atoms with Gasteiger partial charge >= 0.3 is 0 Å². The minimum absolute atomic E-state index is 0.900. The molecule has 0 unspecified atom stereocenters. The van der Waals surface area contributed by atoms with Gasteiger partial charge in [-0.25, -0.2) is 0 Å². The van der Waals surface area contributed by atoms with Gasteiger partial charge in [-0.1, -0.05) is 140 Å². The summed E-state index contributed by atoms with van der Waals surface area (Å²) in [5.74, 6) is 0. The quantitative estimate of drug-likeness (QED) is 0.174. The molecule has 0 radical (unpaired) electrons. The molecule has 0 saturated heterocycles. The van der Waals surface area contributed by atoms with Crippen molar-refractivity contribution in [2.24, 2.45) is 0 Å². The Morgan fingerprint density at radius 1 is 0.460 bits per heavy atom. The molecule has 0 amide bonds. The monoisotopic (exact) mass is 639 g/mol. The number of para-hydroxylation sites is 1. The Morgan fingerprint density at radius 2 is 1.16 bits per heavy atom. The lowest BCUT2D eigenvalue weighted by atomic mass is 9.93. The van der Waals surface area contributed by atoms with Gasteiger partial charge in [0.2, 0.25) is 0 Å². The van der Waals surface area contributed by atoms with E-state index in [1.807, 2.05) is 0 Å². The van der Waals surface area contributed by atoms with E-state index in [0.29, 0.717) is 0 Å². The molecule has 0 N–H and O–H groups in total. The third-order valence-electron chi connectivity index (χ3n) is 10.3. The van der Waals surface area contributed by atoms with E-state index < -0.39 is 0 Å². The van der Waals surface area contributed by atoms with Crippen LogP contribution in [0.2, 0.25) is 0 Å². The Balaban J connectivity index is 1.22. The standard InChI is InChI=1S/C48H33NO/c1-2-12-32(13-3-1)34-17-10-18-38(28-34)49(39-26-27-41-37(29-39)25-24-33-14-6-7-19-40(33)41)46-23-9-8-20-42(46)43-21-11-22-44-45-30-35-15-4-5-16-36(35)31-47(45)50-48(43)44/h1-8,10-22,24-31H,9,23H2. The first-order valence-electron chi connectivity index (χ1n) is 17.4. The molecule has 0 atom stereocenters. The minimum atomic E-state index is 0.900. The van der Waals surface area contributed by atoms with Crippen molar-refractivity contribution in [3.05, 3.63) is 187 Å². The molecule has 0 fully saturated rings. The van der Waals surface area contributed by atoms with E-state index in [1.54, 1.807) is 0 Å². The van der Waals surface area contributed by atoms with E-state index in [2.05, 4.69) is 181 Å². The van der Waals surface area contributed by atoms with Crippen molar-refractivity contribution in [2.45, 2.75) is 12.8 Å². The average Bonchev–Trinajstić information content (AvgIpc) is 3.55. The van der Waals surface area contributed by atoms with E-state index in [4.69, 9.17) is 4.42 Å². The molecule has 236 valence electrons. The summed E-state index contributed by atoms with van der Waals surface area (Å²) in [5, 5.41) is 9.73. The molecule has 9 aromatic rings. The Bertz CT molecular complexity index is 2820. The highest BCUT2D eigenvalue weighted by atomic mass is 16.3. The summed E-state index contributed by atoms with van der Waals surface area (Å²) >= 11 is 0. The SMILES string of the molecule is C1=CC(c2cccc3c2oc2cc4ccccc4cc23)=C(N(c2cccc(-c3ccccc3)c2)c2ccc3c(ccc4ccccc43)c2)CC1. The van der Waals surface area contributed by atoms with Crippen molar-refractivity contribution >= 4 is 71.2 Å². The fourth-order valence-corrected chi connectivity index (χ4v) is 7.88. The molecular formula is C48H33NO. The summed E-state index contributed by atoms with van der Waals surface area (Å²) in [6.45, 7) is 0. The highest BCUT2D eigenvalue weighted by molar-refractivity contribution is 6.13. The van der Waals surface area contributed by atoms with Crippen molar-refractivity contribution in [2.75, 3.05) is 4.90 Å². The number of nitrogens with zero attached hydrogens (tertiary/aromatic N) is 1. The van der Waals surface area contributed by atoms with Crippen molar-refractivity contribution < 1.29 is 4.42 Å². The van der Waals surface area contributed by atoms with Gasteiger partial charge in [-0.3, -0.25) is 0 Å². The fourth-order valence-electron chi connectivity index (χ4n) is 7.88. The maximum absolute atomic E-state index is 6.77. The van der Waals surface area contributed by atoms with E-state index in [0.717, 1.165) is 51.7 Å². The molecule has 0 aliphatic heterocycles. The van der Waals surface area contributed by atoms with E-state index in [9.17, 15) is 0 Å². The molecular weight excluding hydrogens is 607 g/mol. The van der Waals surface area contributed by atoms with Crippen LogP contribution >= 0.6 is 0 Å². The Labute approximate surface area is 290 Å². The highest BCUT2D eigenvalue weighted by Gasteiger charge is 2.24. The first-order chi connectivity index (χ1) is 24.8. The molecule has 2 nitrogen and oxygen atoms in total. The van der Waals surface area contributed by atoms with Gasteiger partial charge in [0.15, 0.2) is 0 Å². The van der Waals surface area contributed by atoms with E-state index in [-0.39, 0.29) is 0 Å². The van der Waals surface area contributed by atoms with Gasteiger partial charge in [-0.05, 0) is 92.7 Å². The van der Waals surface area contributed by atoms with Gasteiger partial charge in [-0.2, -0.15) is 0 Å². The molecule has 0 saturated carbocycles. The first kappa shape index (κ1) is 28.6. The summed E-state index contributed by atoms with van der Waals surface area (Å²) in [5.41, 5.74) is 10.1. The molecule has 0 bridgehead atoms. The van der Waals surface area contributed by atoms with Crippen molar-refractivity contribution in [1.29, 1.82) is 0 Å². The molecule has 1 aliphatic rings. The smallest absolute Gasteiger partial charge is 0.143 e. The van der Waals surface area contributed by atoms with Crippen LogP contribution < -0.4 is 4.90 Å². The number of anilines is 2.